The van der Waals surface area contributed by atoms with Crippen molar-refractivity contribution in [1.82, 2.24) is 9.97 Å². The zero-order valence-electron chi connectivity index (χ0n) is 13.6. The van der Waals surface area contributed by atoms with Gasteiger partial charge in [0.25, 0.3) is 0 Å². The Bertz CT molecular complexity index is 1060. The molecule has 0 saturated heterocycles. The van der Waals surface area contributed by atoms with Crippen LogP contribution < -0.4 is 4.74 Å². The third-order valence-corrected chi connectivity index (χ3v) is 5.52. The fraction of sp³-hybridized carbons (Fsp3) is 0.167. The van der Waals surface area contributed by atoms with Gasteiger partial charge in [-0.05, 0) is 24.3 Å². The van der Waals surface area contributed by atoms with Crippen LogP contribution in [0.3, 0.4) is 0 Å². The lowest BCUT2D eigenvalue weighted by atomic mass is 10.2. The van der Waals surface area contributed by atoms with E-state index in [1.807, 2.05) is 0 Å². The highest BCUT2D eigenvalue weighted by Gasteiger charge is 2.34. The van der Waals surface area contributed by atoms with Crippen LogP contribution in [0, 0.1) is 11.3 Å². The SMILES string of the molecule is N#C[C@@H](c1nc2ccccc2nc1OCCO)S(=O)(=O)c1ccccc1. The van der Waals surface area contributed by atoms with E-state index in [-0.39, 0.29) is 29.7 Å². The Morgan fingerprint density at radius 3 is 2.27 bits per heavy atom. The molecule has 2 aromatic carbocycles. The van der Waals surface area contributed by atoms with E-state index in [1.165, 1.54) is 12.1 Å². The molecule has 0 aliphatic heterocycles. The molecule has 0 fully saturated rings. The average molecular weight is 369 g/mol. The van der Waals surface area contributed by atoms with Gasteiger partial charge in [-0.3, -0.25) is 0 Å². The summed E-state index contributed by atoms with van der Waals surface area (Å²) in [5, 5.41) is 17.0. The topological polar surface area (TPSA) is 113 Å². The van der Waals surface area contributed by atoms with Crippen molar-refractivity contribution >= 4 is 20.9 Å². The summed E-state index contributed by atoms with van der Waals surface area (Å²) in [5.74, 6) is -0.0798. The van der Waals surface area contributed by atoms with Crippen LogP contribution in [0.1, 0.15) is 10.9 Å². The summed E-state index contributed by atoms with van der Waals surface area (Å²) in [6.45, 7) is -0.375. The fourth-order valence-electron chi connectivity index (χ4n) is 2.44. The normalized spacial score (nSPS) is 12.5. The van der Waals surface area contributed by atoms with Crippen molar-refractivity contribution < 1.29 is 18.3 Å². The van der Waals surface area contributed by atoms with E-state index < -0.39 is 15.1 Å². The lowest BCUT2D eigenvalue weighted by Gasteiger charge is -2.15. The smallest absolute Gasteiger partial charge is 0.238 e. The Balaban J connectivity index is 2.19. The number of benzene rings is 2. The zero-order valence-corrected chi connectivity index (χ0v) is 14.4. The number of ether oxygens (including phenoxy) is 1. The van der Waals surface area contributed by atoms with E-state index in [0.717, 1.165) is 0 Å². The van der Waals surface area contributed by atoms with Crippen molar-refractivity contribution in [3.63, 3.8) is 0 Å². The van der Waals surface area contributed by atoms with E-state index in [0.29, 0.717) is 11.0 Å². The molecule has 0 unspecified atom stereocenters. The van der Waals surface area contributed by atoms with Crippen molar-refractivity contribution in [3.8, 4) is 11.9 Å². The Labute approximate surface area is 150 Å². The van der Waals surface area contributed by atoms with Gasteiger partial charge in [0.15, 0.2) is 5.25 Å². The van der Waals surface area contributed by atoms with E-state index in [1.54, 1.807) is 48.5 Å². The van der Waals surface area contributed by atoms with E-state index in [2.05, 4.69) is 9.97 Å². The number of fused-ring (bicyclic) bond motifs is 1. The number of hydrogen-bond donors (Lipinski definition) is 1. The molecule has 0 amide bonds. The van der Waals surface area contributed by atoms with Crippen molar-refractivity contribution in [3.05, 3.63) is 60.3 Å². The number of para-hydroxylation sites is 2. The van der Waals surface area contributed by atoms with Gasteiger partial charge in [0.1, 0.15) is 12.3 Å². The standard InChI is InChI=1S/C18H15N3O4S/c19-12-16(26(23,24)13-6-2-1-3-7-13)17-18(25-11-10-22)21-15-9-5-4-8-14(15)20-17/h1-9,16,22H,10-11H2/t16-/m0/s1. The van der Waals surface area contributed by atoms with Crippen molar-refractivity contribution in [2.45, 2.75) is 10.1 Å². The molecule has 8 heteroatoms. The van der Waals surface area contributed by atoms with Gasteiger partial charge in [-0.25, -0.2) is 18.4 Å². The number of nitriles is 1. The first-order valence-corrected chi connectivity index (χ1v) is 9.31. The largest absolute Gasteiger partial charge is 0.474 e. The molecule has 1 heterocycles. The first-order chi connectivity index (χ1) is 12.6. The maximum atomic E-state index is 12.9. The molecule has 7 nitrogen and oxygen atoms in total. The number of aliphatic hydroxyl groups is 1. The summed E-state index contributed by atoms with van der Waals surface area (Å²) >= 11 is 0. The zero-order chi connectivity index (χ0) is 18.6. The molecule has 0 aliphatic carbocycles. The Hall–Kier alpha value is -3.02. The number of nitrogens with zero attached hydrogens (tertiary/aromatic N) is 3. The minimum absolute atomic E-state index is 0.00890. The lowest BCUT2D eigenvalue weighted by Crippen LogP contribution is -2.17. The molecule has 3 rings (SSSR count). The summed E-state index contributed by atoms with van der Waals surface area (Å²) in [6, 6.07) is 16.4. The van der Waals surface area contributed by atoms with Crippen LogP contribution in [0.25, 0.3) is 11.0 Å². The van der Waals surface area contributed by atoms with Gasteiger partial charge >= 0.3 is 0 Å². The molecule has 132 valence electrons. The highest BCUT2D eigenvalue weighted by molar-refractivity contribution is 7.92. The fourth-order valence-corrected chi connectivity index (χ4v) is 3.84. The predicted octanol–water partition coefficient (Wildman–Crippen LogP) is 2.04. The van der Waals surface area contributed by atoms with Gasteiger partial charge in [-0.2, -0.15) is 5.26 Å². The summed E-state index contributed by atoms with van der Waals surface area (Å²) in [5.41, 5.74) is 0.851. The molecular weight excluding hydrogens is 354 g/mol. The van der Waals surface area contributed by atoms with Crippen LogP contribution in [0.5, 0.6) is 5.88 Å². The quantitative estimate of drug-likeness (QED) is 0.707. The first-order valence-electron chi connectivity index (χ1n) is 7.77. The summed E-state index contributed by atoms with van der Waals surface area (Å²) in [6.07, 6.45) is 0. The van der Waals surface area contributed by atoms with Crippen LogP contribution in [0.15, 0.2) is 59.5 Å². The van der Waals surface area contributed by atoms with Gasteiger partial charge in [0, 0.05) is 0 Å². The molecule has 3 aromatic rings. The lowest BCUT2D eigenvalue weighted by molar-refractivity contribution is 0.195. The minimum atomic E-state index is -4.03. The summed E-state index contributed by atoms with van der Waals surface area (Å²) in [7, 11) is -4.03. The number of hydrogen-bond acceptors (Lipinski definition) is 7. The van der Waals surface area contributed by atoms with Gasteiger partial charge in [-0.1, -0.05) is 30.3 Å². The number of sulfone groups is 1. The number of aromatic nitrogens is 2. The van der Waals surface area contributed by atoms with Gasteiger partial charge in [0.2, 0.25) is 15.7 Å². The highest BCUT2D eigenvalue weighted by atomic mass is 32.2. The van der Waals surface area contributed by atoms with Crippen molar-refractivity contribution in [2.24, 2.45) is 0 Å². The Morgan fingerprint density at radius 2 is 1.65 bits per heavy atom. The van der Waals surface area contributed by atoms with Gasteiger partial charge in [-0.15, -0.1) is 0 Å². The van der Waals surface area contributed by atoms with E-state index in [4.69, 9.17) is 9.84 Å². The van der Waals surface area contributed by atoms with Crippen molar-refractivity contribution in [2.75, 3.05) is 13.2 Å². The van der Waals surface area contributed by atoms with Crippen LogP contribution in [-0.2, 0) is 9.84 Å². The Morgan fingerprint density at radius 1 is 1.04 bits per heavy atom. The highest BCUT2D eigenvalue weighted by Crippen LogP contribution is 2.33. The monoisotopic (exact) mass is 369 g/mol. The first kappa shape index (κ1) is 17.8. The molecule has 0 saturated carbocycles. The van der Waals surface area contributed by atoms with E-state index >= 15 is 0 Å². The molecule has 1 aromatic heterocycles. The molecule has 1 atom stereocenters. The second-order valence-electron chi connectivity index (χ2n) is 5.34. The van der Waals surface area contributed by atoms with Gasteiger partial charge in [0.05, 0.1) is 28.6 Å². The maximum absolute atomic E-state index is 12.9. The molecule has 0 aliphatic rings. The van der Waals surface area contributed by atoms with Crippen LogP contribution in [0.4, 0.5) is 0 Å². The van der Waals surface area contributed by atoms with Crippen LogP contribution >= 0.6 is 0 Å². The van der Waals surface area contributed by atoms with Crippen molar-refractivity contribution in [1.29, 1.82) is 5.26 Å². The number of aliphatic hydroxyl groups excluding tert-OH is 1. The minimum Gasteiger partial charge on any atom is -0.474 e. The van der Waals surface area contributed by atoms with Gasteiger partial charge < -0.3 is 9.84 Å². The summed E-state index contributed by atoms with van der Waals surface area (Å²) in [4.78, 5) is 8.61. The second-order valence-corrected chi connectivity index (χ2v) is 7.37. The third-order valence-electron chi connectivity index (χ3n) is 3.64. The summed E-state index contributed by atoms with van der Waals surface area (Å²) < 4.78 is 31.2. The maximum Gasteiger partial charge on any atom is 0.238 e. The van der Waals surface area contributed by atoms with Crippen LogP contribution in [-0.4, -0.2) is 36.7 Å². The Kier molecular flexibility index (Phi) is 5.11. The predicted molar refractivity (Wildman–Crippen MR) is 94.1 cm³/mol. The average Bonchev–Trinajstić information content (AvgIpc) is 2.67. The molecule has 1 N–H and O–H groups in total. The van der Waals surface area contributed by atoms with Crippen LogP contribution in [0.2, 0.25) is 0 Å². The molecule has 0 spiro atoms. The third kappa shape index (κ3) is 3.35. The molecular formula is C18H15N3O4S. The van der Waals surface area contributed by atoms with E-state index in [9.17, 15) is 13.7 Å². The molecule has 0 radical (unpaired) electrons. The molecule has 0 bridgehead atoms. The second kappa shape index (κ2) is 7.47. The number of rotatable bonds is 6. The molecule has 26 heavy (non-hydrogen) atoms.